The Hall–Kier alpha value is -1.84. The molecule has 0 bridgehead atoms. The van der Waals surface area contributed by atoms with Crippen molar-refractivity contribution in [1.29, 1.82) is 0 Å². The van der Waals surface area contributed by atoms with Crippen LogP contribution in [0.2, 0.25) is 5.02 Å². The molecule has 0 saturated heterocycles. The normalized spacial score (nSPS) is 11.4. The summed E-state index contributed by atoms with van der Waals surface area (Å²) in [6, 6.07) is 6.83. The van der Waals surface area contributed by atoms with Crippen LogP contribution >= 0.6 is 11.6 Å². The highest BCUT2D eigenvalue weighted by atomic mass is 35.5. The Kier molecular flexibility index (Phi) is 5.91. The van der Waals surface area contributed by atoms with E-state index >= 15 is 0 Å². The maximum absolute atomic E-state index is 12.6. The predicted molar refractivity (Wildman–Crippen MR) is 100 cm³/mol. The van der Waals surface area contributed by atoms with Gasteiger partial charge in [-0.1, -0.05) is 28.0 Å². The van der Waals surface area contributed by atoms with Gasteiger partial charge in [0, 0.05) is 11.4 Å². The molecule has 134 valence electrons. The minimum atomic E-state index is -4.12. The monoisotopic (exact) mass is 401 g/mol. The number of urea groups is 1. The molecule has 0 saturated carbocycles. The number of nitrogens with one attached hydrogen (secondary N) is 1. The number of rotatable bonds is 4. The smallest absolute Gasteiger partial charge is 0.243 e. The maximum Gasteiger partial charge on any atom is 0.380 e. The molecule has 2 rings (SSSR count). The Morgan fingerprint density at radius 1 is 1.16 bits per heavy atom. The molecule has 7 nitrogen and oxygen atoms in total. The van der Waals surface area contributed by atoms with Crippen LogP contribution in [0.15, 0.2) is 35.2 Å². The van der Waals surface area contributed by atoms with Crippen molar-refractivity contribution in [3.8, 4) is 0 Å². The van der Waals surface area contributed by atoms with Crippen LogP contribution in [0.5, 0.6) is 0 Å². The molecular weight excluding hydrogens is 384 g/mol. The number of benzene rings is 1. The topological polar surface area (TPSA) is 92.3 Å². The lowest BCUT2D eigenvalue weighted by Gasteiger charge is -2.17. The summed E-state index contributed by atoms with van der Waals surface area (Å²) < 4.78 is 28.2. The second-order valence-electron chi connectivity index (χ2n) is 5.36. The fraction of sp³-hybridized carbons (Fsp3) is 0.267. The first-order valence-corrected chi connectivity index (χ1v) is 11.0. The van der Waals surface area contributed by atoms with Gasteiger partial charge in [-0.05, 0) is 32.0 Å². The molecule has 1 heterocycles. The van der Waals surface area contributed by atoms with E-state index in [1.165, 1.54) is 22.5 Å². The van der Waals surface area contributed by atoms with E-state index in [2.05, 4.69) is 9.97 Å². The molecule has 0 aliphatic heterocycles. The maximum atomic E-state index is 12.6. The number of anilines is 1. The molecule has 0 aliphatic carbocycles. The van der Waals surface area contributed by atoms with Crippen LogP contribution in [0.25, 0.3) is 0 Å². The van der Waals surface area contributed by atoms with Gasteiger partial charge in [0.15, 0.2) is 0 Å². The third-order valence-electron chi connectivity index (χ3n) is 3.05. The number of carbonyl (C=O) groups is 1. The Morgan fingerprint density at radius 2 is 1.72 bits per heavy atom. The fourth-order valence-corrected chi connectivity index (χ4v) is 4.39. The summed E-state index contributed by atoms with van der Waals surface area (Å²) in [5, 5.41) is 0.0315. The molecule has 0 unspecified atom stereocenters. The Bertz CT molecular complexity index is 883. The van der Waals surface area contributed by atoms with Crippen LogP contribution in [0.1, 0.15) is 11.4 Å². The lowest BCUT2D eigenvalue weighted by molar-refractivity contribution is 0.254. The van der Waals surface area contributed by atoms with E-state index in [4.69, 9.17) is 11.6 Å². The van der Waals surface area contributed by atoms with Gasteiger partial charge in [-0.2, -0.15) is 0 Å². The molecule has 1 N–H and O–H groups in total. The van der Waals surface area contributed by atoms with E-state index in [0.29, 0.717) is 11.4 Å². The second kappa shape index (κ2) is 7.59. The van der Waals surface area contributed by atoms with Crippen molar-refractivity contribution in [3.63, 3.8) is 0 Å². The summed E-state index contributed by atoms with van der Waals surface area (Å²) in [6.07, 6.45) is 3.53. The average molecular weight is 402 g/mol. The number of hydrogen-bond acceptors (Lipinski definition) is 5. The van der Waals surface area contributed by atoms with Crippen LogP contribution in [-0.2, 0) is 21.1 Å². The number of nitrogens with zero attached hydrogens (tertiary/aromatic N) is 3. The molecule has 2 aromatic rings. The van der Waals surface area contributed by atoms with Crippen molar-refractivity contribution in [1.82, 2.24) is 14.7 Å². The van der Waals surface area contributed by atoms with Gasteiger partial charge in [0.1, 0.15) is 28.5 Å². The summed E-state index contributed by atoms with van der Waals surface area (Å²) in [7, 11) is -4.12. The standard InChI is InChI=1S/C15H17ClN4O3S2/c1-10-9-11(2)18-14(17-10)20(24(3)4)15(21)19-25(22,23)13-8-6-5-7-12(13)16/h5-9H,1-4H3/p+1. The predicted octanol–water partition coefficient (Wildman–Crippen LogP) is 2.44. The average Bonchev–Trinajstić information content (AvgIpc) is 2.45. The van der Waals surface area contributed by atoms with Gasteiger partial charge in [-0.3, -0.25) is 0 Å². The van der Waals surface area contributed by atoms with E-state index in [1.54, 1.807) is 38.5 Å². The third kappa shape index (κ3) is 4.62. The summed E-state index contributed by atoms with van der Waals surface area (Å²) in [5.74, 6) is 0.151. The van der Waals surface area contributed by atoms with Crippen molar-refractivity contribution >= 4 is 44.7 Å². The second-order valence-corrected chi connectivity index (χ2v) is 9.33. The molecule has 0 fully saturated rings. The van der Waals surface area contributed by atoms with Gasteiger partial charge in [0.25, 0.3) is 16.0 Å². The van der Waals surface area contributed by atoms with Gasteiger partial charge in [-0.15, -0.1) is 0 Å². The Morgan fingerprint density at radius 3 is 2.24 bits per heavy atom. The van der Waals surface area contributed by atoms with Crippen molar-refractivity contribution in [3.05, 3.63) is 46.7 Å². The minimum absolute atomic E-state index is 0.0315. The lowest BCUT2D eigenvalue weighted by Crippen LogP contribution is -2.46. The van der Waals surface area contributed by atoms with E-state index in [9.17, 15) is 13.2 Å². The zero-order chi connectivity index (χ0) is 18.8. The number of aryl methyl sites for hydroxylation is 2. The van der Waals surface area contributed by atoms with Crippen LogP contribution < -0.4 is 9.03 Å². The van der Waals surface area contributed by atoms with Crippen LogP contribution in [-0.4, -0.2) is 36.9 Å². The highest BCUT2D eigenvalue weighted by Crippen LogP contribution is 2.21. The molecule has 1 aromatic carbocycles. The molecule has 0 atom stereocenters. The van der Waals surface area contributed by atoms with Gasteiger partial charge in [0.2, 0.25) is 0 Å². The molecule has 1 aromatic heterocycles. The molecule has 0 spiro atoms. The summed E-state index contributed by atoms with van der Waals surface area (Å²) >= 11 is 5.28. The summed E-state index contributed by atoms with van der Waals surface area (Å²) in [6.45, 7) is 3.55. The Labute approximate surface area is 155 Å². The number of amides is 2. The SMILES string of the molecule is Cc1cc(C)nc(N(C(=O)NS(=O)(=O)c2ccccc2Cl)[S+](C)C)n1. The highest BCUT2D eigenvalue weighted by molar-refractivity contribution is 7.97. The van der Waals surface area contributed by atoms with E-state index in [-0.39, 0.29) is 15.9 Å². The number of carbonyl (C=O) groups excluding carboxylic acids is 1. The van der Waals surface area contributed by atoms with E-state index in [0.717, 1.165) is 0 Å². The van der Waals surface area contributed by atoms with E-state index in [1.807, 2.05) is 4.72 Å². The van der Waals surface area contributed by atoms with Crippen molar-refractivity contribution in [2.24, 2.45) is 0 Å². The van der Waals surface area contributed by atoms with Gasteiger partial charge in [-0.25, -0.2) is 27.9 Å². The minimum Gasteiger partial charge on any atom is -0.243 e. The molecule has 10 heteroatoms. The van der Waals surface area contributed by atoms with Gasteiger partial charge < -0.3 is 0 Å². The number of aromatic nitrogens is 2. The van der Waals surface area contributed by atoms with Crippen molar-refractivity contribution in [2.75, 3.05) is 16.8 Å². The summed E-state index contributed by atoms with van der Waals surface area (Å²) in [4.78, 5) is 20.9. The highest BCUT2D eigenvalue weighted by Gasteiger charge is 2.34. The molecular formula is C15H18ClN4O3S2+. The lowest BCUT2D eigenvalue weighted by atomic mass is 10.4. The summed E-state index contributed by atoms with van der Waals surface area (Å²) in [5.41, 5.74) is 1.36. The van der Waals surface area contributed by atoms with E-state index < -0.39 is 27.1 Å². The molecule has 0 radical (unpaired) electrons. The van der Waals surface area contributed by atoms with Crippen LogP contribution in [0.3, 0.4) is 0 Å². The first kappa shape index (κ1) is 19.5. The van der Waals surface area contributed by atoms with Crippen LogP contribution in [0, 0.1) is 13.8 Å². The number of sulfonamides is 1. The first-order valence-electron chi connectivity index (χ1n) is 7.13. The quantitative estimate of drug-likeness (QED) is 0.794. The zero-order valence-corrected chi connectivity index (χ0v) is 16.5. The number of hydrogen-bond donors (Lipinski definition) is 1. The third-order valence-corrected chi connectivity index (χ3v) is 5.93. The molecule has 25 heavy (non-hydrogen) atoms. The molecule has 0 aliphatic rings. The largest absolute Gasteiger partial charge is 0.380 e. The van der Waals surface area contributed by atoms with Gasteiger partial charge in [0.05, 0.1) is 5.02 Å². The zero-order valence-electron chi connectivity index (χ0n) is 14.1. The van der Waals surface area contributed by atoms with Crippen LogP contribution in [0.4, 0.5) is 10.7 Å². The first-order chi connectivity index (χ1) is 11.6. The Balaban J connectivity index is 2.37. The number of halogens is 1. The van der Waals surface area contributed by atoms with Crippen molar-refractivity contribution in [2.45, 2.75) is 18.7 Å². The van der Waals surface area contributed by atoms with Crippen molar-refractivity contribution < 1.29 is 13.2 Å². The molecule has 2 amide bonds. The fourth-order valence-electron chi connectivity index (χ4n) is 2.09. The van der Waals surface area contributed by atoms with Gasteiger partial charge >= 0.3 is 6.03 Å².